The van der Waals surface area contributed by atoms with Gasteiger partial charge in [0, 0.05) is 32.4 Å². The van der Waals surface area contributed by atoms with Crippen LogP contribution in [0.25, 0.3) is 5.69 Å². The van der Waals surface area contributed by atoms with Crippen molar-refractivity contribution in [1.82, 2.24) is 30.1 Å². The zero-order valence-electron chi connectivity index (χ0n) is 18.0. The summed E-state index contributed by atoms with van der Waals surface area (Å²) in [5.74, 6) is -5.64. The van der Waals surface area contributed by atoms with Crippen LogP contribution in [-0.4, -0.2) is 86.1 Å². The van der Waals surface area contributed by atoms with Gasteiger partial charge in [-0.05, 0) is 30.0 Å². The Labute approximate surface area is 195 Å². The molecule has 1 aromatic heterocycles. The van der Waals surface area contributed by atoms with Crippen molar-refractivity contribution in [3.8, 4) is 5.69 Å². The molecular formula is C21H19F4N7O3. The van der Waals surface area contributed by atoms with Gasteiger partial charge in [0.15, 0.2) is 0 Å². The van der Waals surface area contributed by atoms with Crippen LogP contribution in [0.4, 0.5) is 17.6 Å². The van der Waals surface area contributed by atoms with Crippen LogP contribution in [0.5, 0.6) is 0 Å². The van der Waals surface area contributed by atoms with Crippen LogP contribution in [0.15, 0.2) is 47.4 Å². The fourth-order valence-electron chi connectivity index (χ4n) is 4.86. The summed E-state index contributed by atoms with van der Waals surface area (Å²) in [5.41, 5.74) is -1.22. The first-order valence-electron chi connectivity index (χ1n) is 10.6. The number of aliphatic carboxylic acids is 1. The van der Waals surface area contributed by atoms with E-state index >= 15 is 0 Å². The van der Waals surface area contributed by atoms with Crippen molar-refractivity contribution in [2.45, 2.75) is 12.0 Å². The molecule has 2 aromatic rings. The minimum absolute atomic E-state index is 0.0844. The molecule has 35 heavy (non-hydrogen) atoms. The van der Waals surface area contributed by atoms with Gasteiger partial charge in [-0.15, -0.1) is 0 Å². The minimum atomic E-state index is -4.77. The first-order valence-corrected chi connectivity index (χ1v) is 10.6. The number of amides is 1. The normalized spacial score (nSPS) is 26.4. The number of carbonyl (C=O) groups excluding carboxylic acids is 1. The Morgan fingerprint density at radius 1 is 1.09 bits per heavy atom. The van der Waals surface area contributed by atoms with E-state index in [2.05, 4.69) is 15.2 Å². The number of halogens is 4. The van der Waals surface area contributed by atoms with Crippen molar-refractivity contribution in [2.24, 2.45) is 16.8 Å². The maximum absolute atomic E-state index is 14.7. The van der Waals surface area contributed by atoms with Gasteiger partial charge in [-0.2, -0.15) is 28.2 Å². The Balaban J connectivity index is 1.34. The van der Waals surface area contributed by atoms with Crippen LogP contribution in [0.3, 0.4) is 0 Å². The number of benzene rings is 1. The monoisotopic (exact) mass is 493 g/mol. The van der Waals surface area contributed by atoms with E-state index in [1.54, 1.807) is 0 Å². The Bertz CT molecular complexity index is 1220. The van der Waals surface area contributed by atoms with Gasteiger partial charge in [-0.3, -0.25) is 9.69 Å². The Morgan fingerprint density at radius 3 is 2.34 bits per heavy atom. The van der Waals surface area contributed by atoms with Crippen LogP contribution in [0, 0.1) is 17.7 Å². The number of allylic oxidation sites excluding steroid dienone is 2. The molecule has 5 rings (SSSR count). The summed E-state index contributed by atoms with van der Waals surface area (Å²) in [6.07, 6.45) is -0.465. The van der Waals surface area contributed by atoms with Crippen LogP contribution in [0.1, 0.15) is 10.4 Å². The molecule has 0 bridgehead atoms. The first kappa shape index (κ1) is 23.0. The van der Waals surface area contributed by atoms with Crippen LogP contribution in [0.2, 0.25) is 0 Å². The Morgan fingerprint density at radius 2 is 1.74 bits per heavy atom. The molecule has 3 atom stereocenters. The highest BCUT2D eigenvalue weighted by molar-refractivity contribution is 5.98. The number of likely N-dealkylation sites (tertiary alicyclic amines) is 2. The third kappa shape index (κ3) is 3.83. The van der Waals surface area contributed by atoms with E-state index in [4.69, 9.17) is 0 Å². The molecule has 2 N–H and O–H groups in total. The Kier molecular flexibility index (Phi) is 5.34. The molecule has 0 saturated carbocycles. The van der Waals surface area contributed by atoms with Gasteiger partial charge in [-0.1, -0.05) is 6.07 Å². The Hall–Kier alpha value is -3.81. The predicted molar refractivity (Wildman–Crippen MR) is 112 cm³/mol. The van der Waals surface area contributed by atoms with E-state index in [1.165, 1.54) is 34.3 Å². The number of carboxylic acid groups (broad SMARTS) is 1. The molecule has 1 aromatic carbocycles. The molecule has 184 valence electrons. The summed E-state index contributed by atoms with van der Waals surface area (Å²) in [6, 6.07) is 4.12. The number of nitrogens with one attached hydrogen (secondary N) is 1. The summed E-state index contributed by atoms with van der Waals surface area (Å²) in [4.78, 5) is 33.1. The fraction of sp³-hybridized carbons (Fsp3) is 0.381. The molecule has 3 unspecified atom stereocenters. The van der Waals surface area contributed by atoms with Gasteiger partial charge >= 0.3 is 12.1 Å². The number of aliphatic imine (C=N–C) groups is 1. The van der Waals surface area contributed by atoms with E-state index in [-0.39, 0.29) is 49.3 Å². The van der Waals surface area contributed by atoms with Crippen LogP contribution >= 0.6 is 0 Å². The number of fused-ring (bicyclic) bond motifs is 1. The topological polar surface area (TPSA) is 116 Å². The number of rotatable bonds is 4. The van der Waals surface area contributed by atoms with Crippen LogP contribution in [-0.2, 0) is 4.79 Å². The lowest BCUT2D eigenvalue weighted by atomic mass is 10.0. The lowest BCUT2D eigenvalue weighted by molar-refractivity contribution is -0.155. The maximum Gasteiger partial charge on any atom is 0.431 e. The van der Waals surface area contributed by atoms with Crippen molar-refractivity contribution in [2.75, 3.05) is 26.2 Å². The summed E-state index contributed by atoms with van der Waals surface area (Å²) in [7, 11) is 0. The summed E-state index contributed by atoms with van der Waals surface area (Å²) >= 11 is 0. The first-order chi connectivity index (χ1) is 16.6. The van der Waals surface area contributed by atoms with Gasteiger partial charge in [0.1, 0.15) is 22.8 Å². The van der Waals surface area contributed by atoms with Crippen molar-refractivity contribution in [1.29, 1.82) is 0 Å². The number of hydrogen-bond acceptors (Lipinski definition) is 7. The SMILES string of the molecule is O=C(c1c(F)cccc1-n1nccn1)N1CC2CN(C3(C(=O)O)N=CC=C(C(F)(F)F)N3)CC2C1. The molecule has 0 radical (unpaired) electrons. The molecule has 2 saturated heterocycles. The standard InChI is InChI=1S/C21H19F4N7O3/c22-14-2-1-3-15(32-27-6-7-28-32)17(14)18(33)30-8-12-10-31(11-13(12)9-30)21(19(34)35)26-5-4-16(29-21)20(23,24)25/h1-7,12-13,29H,8-11H2,(H,34,35). The second kappa shape index (κ2) is 8.15. The van der Waals surface area contributed by atoms with E-state index in [1.807, 2.05) is 5.32 Å². The molecule has 0 aliphatic carbocycles. The minimum Gasteiger partial charge on any atom is -0.477 e. The largest absolute Gasteiger partial charge is 0.477 e. The third-order valence-corrected chi connectivity index (χ3v) is 6.49. The smallest absolute Gasteiger partial charge is 0.431 e. The molecular weight excluding hydrogens is 474 g/mol. The number of nitrogens with zero attached hydrogens (tertiary/aromatic N) is 6. The number of aromatic nitrogens is 3. The van der Waals surface area contributed by atoms with Crippen molar-refractivity contribution in [3.05, 3.63) is 53.7 Å². The summed E-state index contributed by atoms with van der Waals surface area (Å²) in [6.45, 7) is 0.533. The average molecular weight is 493 g/mol. The van der Waals surface area contributed by atoms with Gasteiger partial charge in [0.2, 0.25) is 0 Å². The molecule has 10 nitrogen and oxygen atoms in total. The average Bonchev–Trinajstić information content (AvgIpc) is 3.54. The summed E-state index contributed by atoms with van der Waals surface area (Å²) < 4.78 is 54.4. The van der Waals surface area contributed by atoms with Crippen molar-refractivity contribution >= 4 is 18.1 Å². The lowest BCUT2D eigenvalue weighted by Crippen LogP contribution is -2.64. The fourth-order valence-corrected chi connectivity index (χ4v) is 4.86. The molecule has 14 heteroatoms. The van der Waals surface area contributed by atoms with E-state index < -0.39 is 35.4 Å². The summed E-state index contributed by atoms with van der Waals surface area (Å²) in [5, 5.41) is 19.8. The predicted octanol–water partition coefficient (Wildman–Crippen LogP) is 1.27. The molecule has 0 spiro atoms. The van der Waals surface area contributed by atoms with Crippen molar-refractivity contribution < 1.29 is 32.3 Å². The molecule has 4 heterocycles. The van der Waals surface area contributed by atoms with E-state index in [0.29, 0.717) is 6.08 Å². The second-order valence-electron chi connectivity index (χ2n) is 8.55. The maximum atomic E-state index is 14.7. The number of hydrogen-bond donors (Lipinski definition) is 2. The van der Waals surface area contributed by atoms with Gasteiger partial charge < -0.3 is 15.3 Å². The lowest BCUT2D eigenvalue weighted by Gasteiger charge is -2.39. The van der Waals surface area contributed by atoms with Crippen molar-refractivity contribution in [3.63, 3.8) is 0 Å². The molecule has 3 aliphatic heterocycles. The highest BCUT2D eigenvalue weighted by Gasteiger charge is 2.55. The highest BCUT2D eigenvalue weighted by Crippen LogP contribution is 2.38. The van der Waals surface area contributed by atoms with Gasteiger partial charge in [0.25, 0.3) is 11.7 Å². The zero-order chi connectivity index (χ0) is 25.0. The molecule has 2 fully saturated rings. The quantitative estimate of drug-likeness (QED) is 0.617. The molecule has 1 amide bonds. The van der Waals surface area contributed by atoms with E-state index in [0.717, 1.165) is 17.1 Å². The number of alkyl halides is 3. The van der Waals surface area contributed by atoms with Gasteiger partial charge in [0.05, 0.1) is 12.4 Å². The third-order valence-electron chi connectivity index (χ3n) is 6.49. The van der Waals surface area contributed by atoms with Crippen LogP contribution < -0.4 is 5.32 Å². The zero-order valence-corrected chi connectivity index (χ0v) is 18.0. The second-order valence-corrected chi connectivity index (χ2v) is 8.55. The van der Waals surface area contributed by atoms with Gasteiger partial charge in [-0.25, -0.2) is 14.2 Å². The number of carboxylic acids is 1. The highest BCUT2D eigenvalue weighted by atomic mass is 19.4. The van der Waals surface area contributed by atoms with E-state index in [9.17, 15) is 32.3 Å². The number of carbonyl (C=O) groups is 2. The molecule has 3 aliphatic rings.